The van der Waals surface area contributed by atoms with Gasteiger partial charge < -0.3 is 15.2 Å². The summed E-state index contributed by atoms with van der Waals surface area (Å²) in [6.07, 6.45) is 1.74. The maximum Gasteiger partial charge on any atom is 0.251 e. The number of aryl methyl sites for hydroxylation is 1. The number of aromatic nitrogens is 3. The molecular formula is C25H28ClN5O2S. The largest absolute Gasteiger partial charge is 0.342 e. The van der Waals surface area contributed by atoms with Crippen molar-refractivity contribution in [2.45, 2.75) is 38.5 Å². The third-order valence-corrected chi connectivity index (χ3v) is 6.28. The molecule has 178 valence electrons. The second-order valence-corrected chi connectivity index (χ2v) is 9.52. The van der Waals surface area contributed by atoms with E-state index in [1.165, 1.54) is 11.8 Å². The first-order valence-corrected chi connectivity index (χ1v) is 12.2. The first-order chi connectivity index (χ1) is 16.3. The van der Waals surface area contributed by atoms with Crippen LogP contribution >= 0.6 is 23.4 Å². The minimum Gasteiger partial charge on any atom is -0.342 e. The maximum atomic E-state index is 12.9. The van der Waals surface area contributed by atoms with Crippen molar-refractivity contribution < 1.29 is 9.59 Å². The van der Waals surface area contributed by atoms with Crippen molar-refractivity contribution in [3.8, 4) is 0 Å². The lowest BCUT2D eigenvalue weighted by atomic mass is 10.0. The lowest BCUT2D eigenvalue weighted by molar-refractivity contribution is -0.113. The van der Waals surface area contributed by atoms with Crippen LogP contribution in [-0.4, -0.2) is 32.3 Å². The summed E-state index contributed by atoms with van der Waals surface area (Å²) in [5.41, 5.74) is 2.34. The third kappa shape index (κ3) is 6.71. The summed E-state index contributed by atoms with van der Waals surface area (Å²) in [4.78, 5) is 25.3. The summed E-state index contributed by atoms with van der Waals surface area (Å²) in [7, 11) is 0. The molecule has 0 aliphatic carbocycles. The number of amides is 2. The van der Waals surface area contributed by atoms with Gasteiger partial charge in [0.2, 0.25) is 5.91 Å². The molecule has 0 saturated carbocycles. The number of rotatable bonds is 10. The van der Waals surface area contributed by atoms with Gasteiger partial charge in [0, 0.05) is 22.8 Å². The van der Waals surface area contributed by atoms with Crippen LogP contribution in [0.25, 0.3) is 0 Å². The fourth-order valence-electron chi connectivity index (χ4n) is 3.26. The van der Waals surface area contributed by atoms with Crippen LogP contribution in [0.5, 0.6) is 0 Å². The van der Waals surface area contributed by atoms with Crippen LogP contribution in [0.1, 0.15) is 41.6 Å². The highest BCUT2D eigenvalue weighted by atomic mass is 35.5. The highest BCUT2D eigenvalue weighted by Gasteiger charge is 2.26. The summed E-state index contributed by atoms with van der Waals surface area (Å²) >= 11 is 7.16. The van der Waals surface area contributed by atoms with E-state index in [1.54, 1.807) is 42.5 Å². The van der Waals surface area contributed by atoms with Gasteiger partial charge in [-0.15, -0.1) is 16.8 Å². The van der Waals surface area contributed by atoms with Gasteiger partial charge in [0.15, 0.2) is 11.0 Å². The Hall–Kier alpha value is -3.10. The van der Waals surface area contributed by atoms with Crippen molar-refractivity contribution >= 4 is 40.9 Å². The van der Waals surface area contributed by atoms with E-state index in [9.17, 15) is 9.59 Å². The zero-order valence-corrected chi connectivity index (χ0v) is 21.0. The summed E-state index contributed by atoms with van der Waals surface area (Å²) < 4.78 is 1.88. The molecule has 0 bridgehead atoms. The number of carbonyl (C=O) groups is 2. The van der Waals surface area contributed by atoms with Gasteiger partial charge >= 0.3 is 0 Å². The minimum absolute atomic E-state index is 0.0632. The number of allylic oxidation sites excluding steroid dienone is 1. The normalized spacial score (nSPS) is 11.8. The van der Waals surface area contributed by atoms with Crippen molar-refractivity contribution in [2.75, 3.05) is 11.1 Å². The fourth-order valence-corrected chi connectivity index (χ4v) is 4.14. The summed E-state index contributed by atoms with van der Waals surface area (Å²) in [5, 5.41) is 15.8. The Morgan fingerprint density at radius 3 is 2.41 bits per heavy atom. The summed E-state index contributed by atoms with van der Waals surface area (Å²) in [6.45, 7) is 10.3. The molecule has 2 amide bonds. The number of hydrogen-bond acceptors (Lipinski definition) is 5. The van der Waals surface area contributed by atoms with Crippen LogP contribution in [0.4, 0.5) is 5.69 Å². The Labute approximate surface area is 209 Å². The van der Waals surface area contributed by atoms with Crippen molar-refractivity contribution in [2.24, 2.45) is 5.92 Å². The molecule has 34 heavy (non-hydrogen) atoms. The van der Waals surface area contributed by atoms with E-state index in [1.807, 2.05) is 37.5 Å². The highest BCUT2D eigenvalue weighted by Crippen LogP contribution is 2.26. The van der Waals surface area contributed by atoms with E-state index in [4.69, 9.17) is 11.6 Å². The minimum atomic E-state index is -0.363. The quantitative estimate of drug-likeness (QED) is 0.293. The van der Waals surface area contributed by atoms with Crippen LogP contribution in [0.2, 0.25) is 5.02 Å². The Balaban J connectivity index is 1.74. The fraction of sp³-hybridized carbons (Fsp3) is 0.280. The Morgan fingerprint density at radius 1 is 1.12 bits per heavy atom. The lowest BCUT2D eigenvalue weighted by Crippen LogP contribution is -2.33. The molecule has 0 fully saturated rings. The van der Waals surface area contributed by atoms with E-state index < -0.39 is 0 Å². The summed E-state index contributed by atoms with van der Waals surface area (Å²) in [6, 6.07) is 14.0. The molecule has 0 aliphatic rings. The van der Waals surface area contributed by atoms with Gasteiger partial charge in [-0.1, -0.05) is 61.0 Å². The van der Waals surface area contributed by atoms with Crippen molar-refractivity contribution in [1.82, 2.24) is 20.1 Å². The molecule has 1 atom stereocenters. The van der Waals surface area contributed by atoms with E-state index in [0.29, 0.717) is 33.8 Å². The molecule has 0 radical (unpaired) electrons. The molecule has 3 aromatic rings. The van der Waals surface area contributed by atoms with Crippen LogP contribution in [0.15, 0.2) is 66.3 Å². The molecule has 7 nitrogen and oxygen atoms in total. The lowest BCUT2D eigenvalue weighted by Gasteiger charge is -2.22. The first-order valence-electron chi connectivity index (χ1n) is 10.9. The molecule has 0 saturated heterocycles. The second-order valence-electron chi connectivity index (χ2n) is 8.14. The molecule has 0 aliphatic heterocycles. The van der Waals surface area contributed by atoms with Gasteiger partial charge in [-0.3, -0.25) is 9.59 Å². The molecule has 1 aromatic heterocycles. The number of halogens is 1. The molecule has 0 spiro atoms. The van der Waals surface area contributed by atoms with Crippen LogP contribution in [-0.2, 0) is 11.3 Å². The van der Waals surface area contributed by atoms with E-state index in [0.717, 1.165) is 5.56 Å². The van der Waals surface area contributed by atoms with Crippen molar-refractivity contribution in [3.05, 3.63) is 83.2 Å². The molecule has 2 N–H and O–H groups in total. The number of thioether (sulfide) groups is 1. The van der Waals surface area contributed by atoms with E-state index in [2.05, 4.69) is 27.4 Å². The number of nitrogens with zero attached hydrogens (tertiary/aromatic N) is 3. The highest BCUT2D eigenvalue weighted by molar-refractivity contribution is 7.99. The van der Waals surface area contributed by atoms with Crippen LogP contribution in [0, 0.1) is 12.8 Å². The van der Waals surface area contributed by atoms with Gasteiger partial charge in [0.05, 0.1) is 11.8 Å². The average Bonchev–Trinajstić information content (AvgIpc) is 3.20. The first kappa shape index (κ1) is 25.5. The van der Waals surface area contributed by atoms with Crippen molar-refractivity contribution in [3.63, 3.8) is 0 Å². The smallest absolute Gasteiger partial charge is 0.251 e. The maximum absolute atomic E-state index is 12.9. The monoisotopic (exact) mass is 497 g/mol. The summed E-state index contributed by atoms with van der Waals surface area (Å²) in [5.74, 6) is 0.489. The number of benzene rings is 2. The number of nitrogens with one attached hydrogen (secondary N) is 2. The molecule has 2 aromatic carbocycles. The molecule has 9 heteroatoms. The SMILES string of the molecule is C=CCn1c(SCC(=O)Nc2ccc(Cl)cc2)nnc1[C@@H](NC(=O)c1ccc(C)cc1)C(C)C. The van der Waals surface area contributed by atoms with Crippen LogP contribution < -0.4 is 10.6 Å². The molecule has 0 unspecified atom stereocenters. The predicted molar refractivity (Wildman–Crippen MR) is 137 cm³/mol. The molecule has 1 heterocycles. The van der Waals surface area contributed by atoms with Gasteiger partial charge in [0.25, 0.3) is 5.91 Å². The zero-order chi connectivity index (χ0) is 24.7. The Bertz CT molecular complexity index is 1140. The third-order valence-electron chi connectivity index (χ3n) is 5.06. The van der Waals surface area contributed by atoms with Crippen molar-refractivity contribution in [1.29, 1.82) is 0 Å². The van der Waals surface area contributed by atoms with Gasteiger partial charge in [-0.25, -0.2) is 0 Å². The molecular weight excluding hydrogens is 470 g/mol. The number of anilines is 1. The van der Waals surface area contributed by atoms with Crippen LogP contribution in [0.3, 0.4) is 0 Å². The Kier molecular flexibility index (Phi) is 8.90. The second kappa shape index (κ2) is 11.9. The van der Waals surface area contributed by atoms with Gasteiger partial charge in [-0.2, -0.15) is 0 Å². The van der Waals surface area contributed by atoms with E-state index >= 15 is 0 Å². The number of hydrogen-bond donors (Lipinski definition) is 2. The Morgan fingerprint density at radius 2 is 1.79 bits per heavy atom. The topological polar surface area (TPSA) is 88.9 Å². The predicted octanol–water partition coefficient (Wildman–Crippen LogP) is 5.28. The van der Waals surface area contributed by atoms with Gasteiger partial charge in [-0.05, 0) is 49.2 Å². The molecule has 3 rings (SSSR count). The standard InChI is InChI=1S/C25H28ClN5O2S/c1-5-14-31-23(22(16(2)3)28-24(33)18-8-6-17(4)7-9-18)29-30-25(31)34-15-21(32)27-20-12-10-19(26)11-13-20/h5-13,16,22H,1,14-15H2,2-4H3,(H,27,32)(H,28,33)/t22-/m0/s1. The zero-order valence-electron chi connectivity index (χ0n) is 19.4. The van der Waals surface area contributed by atoms with Gasteiger partial charge in [0.1, 0.15) is 0 Å². The number of carbonyl (C=O) groups excluding carboxylic acids is 2. The van der Waals surface area contributed by atoms with E-state index in [-0.39, 0.29) is 29.5 Å². The average molecular weight is 498 g/mol.